The van der Waals surface area contributed by atoms with Gasteiger partial charge in [-0.1, -0.05) is 51.5 Å². The molecule has 1 nitrogen and oxygen atoms in total. The van der Waals surface area contributed by atoms with Crippen molar-refractivity contribution in [1.82, 2.24) is 0 Å². The Morgan fingerprint density at radius 1 is 0.821 bits per heavy atom. The Morgan fingerprint density at radius 3 is 2.07 bits per heavy atom. The maximum Gasteiger partial charge on any atom is 0.200 e. The molecule has 28 heavy (non-hydrogen) atoms. The first-order chi connectivity index (χ1) is 13.6. The highest BCUT2D eigenvalue weighted by molar-refractivity contribution is 5.33. The van der Waals surface area contributed by atoms with Crippen LogP contribution in [0.5, 0.6) is 5.75 Å². The molecule has 0 bridgehead atoms. The van der Waals surface area contributed by atoms with Gasteiger partial charge in [0.1, 0.15) is 0 Å². The Morgan fingerprint density at radius 2 is 1.46 bits per heavy atom. The molecule has 3 rings (SSSR count). The number of rotatable bonds is 8. The van der Waals surface area contributed by atoms with Crippen molar-refractivity contribution >= 4 is 0 Å². The summed E-state index contributed by atoms with van der Waals surface area (Å²) >= 11 is 0. The molecule has 0 amide bonds. The zero-order chi connectivity index (χ0) is 19.9. The van der Waals surface area contributed by atoms with Crippen LogP contribution in [0.15, 0.2) is 12.1 Å². The summed E-state index contributed by atoms with van der Waals surface area (Å²) in [5.74, 6) is 1.30. The van der Waals surface area contributed by atoms with Crippen molar-refractivity contribution in [3.63, 3.8) is 0 Å². The minimum Gasteiger partial charge on any atom is -0.491 e. The van der Waals surface area contributed by atoms with E-state index in [1.807, 2.05) is 0 Å². The van der Waals surface area contributed by atoms with Gasteiger partial charge >= 0.3 is 0 Å². The predicted molar refractivity (Wildman–Crippen MR) is 112 cm³/mol. The lowest BCUT2D eigenvalue weighted by Crippen LogP contribution is -2.25. The van der Waals surface area contributed by atoms with Crippen LogP contribution in [0.4, 0.5) is 8.78 Å². The summed E-state index contributed by atoms with van der Waals surface area (Å²) in [6.45, 7) is 4.41. The number of unbranched alkanes of at least 4 members (excludes halogenated alkanes) is 2. The smallest absolute Gasteiger partial charge is 0.200 e. The zero-order valence-corrected chi connectivity index (χ0v) is 17.8. The monoisotopic (exact) mass is 392 g/mol. The van der Waals surface area contributed by atoms with E-state index in [0.29, 0.717) is 12.2 Å². The molecule has 0 aromatic heterocycles. The van der Waals surface area contributed by atoms with E-state index in [1.165, 1.54) is 64.2 Å². The summed E-state index contributed by atoms with van der Waals surface area (Å²) in [5, 5.41) is 0. The van der Waals surface area contributed by atoms with E-state index in [4.69, 9.17) is 4.74 Å². The molecule has 0 radical (unpaired) electrons. The van der Waals surface area contributed by atoms with Gasteiger partial charge in [-0.05, 0) is 80.8 Å². The summed E-state index contributed by atoms with van der Waals surface area (Å²) in [7, 11) is 0. The van der Waals surface area contributed by atoms with Crippen molar-refractivity contribution < 1.29 is 13.5 Å². The van der Waals surface area contributed by atoms with E-state index >= 15 is 0 Å². The van der Waals surface area contributed by atoms with Crippen LogP contribution in [-0.2, 0) is 0 Å². The normalized spacial score (nSPS) is 28.3. The average molecular weight is 393 g/mol. The van der Waals surface area contributed by atoms with Crippen LogP contribution in [0.3, 0.4) is 0 Å². The van der Waals surface area contributed by atoms with Crippen LogP contribution in [0, 0.1) is 29.4 Å². The number of halogens is 2. The first kappa shape index (κ1) is 21.6. The van der Waals surface area contributed by atoms with E-state index in [2.05, 4.69) is 6.92 Å². The van der Waals surface area contributed by atoms with Crippen LogP contribution in [0.1, 0.15) is 102 Å². The van der Waals surface area contributed by atoms with Gasteiger partial charge in [0.2, 0.25) is 5.82 Å². The van der Waals surface area contributed by atoms with Crippen LogP contribution >= 0.6 is 0 Å². The summed E-state index contributed by atoms with van der Waals surface area (Å²) in [6, 6.07) is 3.35. The van der Waals surface area contributed by atoms with E-state index in [1.54, 1.807) is 19.1 Å². The van der Waals surface area contributed by atoms with Crippen molar-refractivity contribution in [3.05, 3.63) is 29.3 Å². The Kier molecular flexibility index (Phi) is 8.17. The van der Waals surface area contributed by atoms with Gasteiger partial charge in [-0.15, -0.1) is 0 Å². The van der Waals surface area contributed by atoms with Gasteiger partial charge in [0, 0.05) is 0 Å². The van der Waals surface area contributed by atoms with Gasteiger partial charge in [-0.25, -0.2) is 4.39 Å². The third-order valence-electron chi connectivity index (χ3n) is 7.36. The Hall–Kier alpha value is -1.12. The second-order valence-electron chi connectivity index (χ2n) is 9.10. The topological polar surface area (TPSA) is 9.23 Å². The molecule has 1 aromatic carbocycles. The second-order valence-corrected chi connectivity index (χ2v) is 9.10. The van der Waals surface area contributed by atoms with Gasteiger partial charge in [0.15, 0.2) is 11.6 Å². The Balaban J connectivity index is 1.48. The van der Waals surface area contributed by atoms with Gasteiger partial charge in [0.25, 0.3) is 0 Å². The van der Waals surface area contributed by atoms with E-state index in [0.717, 1.165) is 30.6 Å². The molecule has 2 aliphatic carbocycles. The van der Waals surface area contributed by atoms with Crippen LogP contribution in [0.25, 0.3) is 0 Å². The molecular formula is C25H38F2O. The van der Waals surface area contributed by atoms with E-state index in [9.17, 15) is 8.78 Å². The molecule has 2 fully saturated rings. The first-order valence-electron chi connectivity index (χ1n) is 11.7. The maximum absolute atomic E-state index is 14.5. The highest BCUT2D eigenvalue weighted by Gasteiger charge is 2.32. The molecule has 0 unspecified atom stereocenters. The van der Waals surface area contributed by atoms with Crippen molar-refractivity contribution in [2.45, 2.75) is 96.8 Å². The molecule has 2 saturated carbocycles. The highest BCUT2D eigenvalue weighted by Crippen LogP contribution is 2.45. The molecule has 0 atom stereocenters. The molecule has 0 aliphatic heterocycles. The van der Waals surface area contributed by atoms with Gasteiger partial charge < -0.3 is 4.74 Å². The summed E-state index contributed by atoms with van der Waals surface area (Å²) < 4.78 is 33.9. The third-order valence-corrected chi connectivity index (χ3v) is 7.36. The molecular weight excluding hydrogens is 354 g/mol. The van der Waals surface area contributed by atoms with Gasteiger partial charge in [0.05, 0.1) is 6.61 Å². The number of hydrogen-bond acceptors (Lipinski definition) is 1. The fourth-order valence-corrected chi connectivity index (χ4v) is 5.66. The molecule has 0 saturated heterocycles. The minimum absolute atomic E-state index is 0.0353. The summed E-state index contributed by atoms with van der Waals surface area (Å²) in [6.07, 6.45) is 15.4. The quantitative estimate of drug-likeness (QED) is 0.407. The SMILES string of the molecule is CCCCCC1CCC([C@H]2CC[C@H](c3ccc(OCC)c(F)c3F)CC2)CC1. The standard InChI is InChI=1S/C25H38F2O/c1-3-5-6-7-18-8-10-19(11-9-18)20-12-14-21(15-13-20)22-16-17-23(28-4-2)25(27)24(22)26/h16-21H,3-15H2,1-2H3/t18?,19?,20-,21-. The fourth-order valence-electron chi connectivity index (χ4n) is 5.66. The largest absolute Gasteiger partial charge is 0.491 e. The zero-order valence-electron chi connectivity index (χ0n) is 17.8. The van der Waals surface area contributed by atoms with Crippen LogP contribution in [-0.4, -0.2) is 6.61 Å². The maximum atomic E-state index is 14.5. The number of ether oxygens (including phenoxy) is 1. The van der Waals surface area contributed by atoms with Crippen LogP contribution < -0.4 is 4.74 Å². The van der Waals surface area contributed by atoms with Crippen LogP contribution in [0.2, 0.25) is 0 Å². The lowest BCUT2D eigenvalue weighted by Gasteiger charge is -2.38. The second kappa shape index (κ2) is 10.6. The van der Waals surface area contributed by atoms with Crippen molar-refractivity contribution in [3.8, 4) is 5.75 Å². The third kappa shape index (κ3) is 5.27. The molecule has 158 valence electrons. The van der Waals surface area contributed by atoms with E-state index < -0.39 is 11.6 Å². The molecule has 2 aliphatic rings. The van der Waals surface area contributed by atoms with Crippen molar-refractivity contribution in [1.29, 1.82) is 0 Å². The van der Waals surface area contributed by atoms with Gasteiger partial charge in [-0.3, -0.25) is 0 Å². The van der Waals surface area contributed by atoms with Crippen molar-refractivity contribution in [2.24, 2.45) is 17.8 Å². The number of hydrogen-bond donors (Lipinski definition) is 0. The Labute approximate surface area is 170 Å². The molecule has 0 heterocycles. The Bertz CT molecular complexity index is 599. The first-order valence-corrected chi connectivity index (χ1v) is 11.7. The number of benzene rings is 1. The molecule has 1 aromatic rings. The summed E-state index contributed by atoms with van der Waals surface area (Å²) in [4.78, 5) is 0. The lowest BCUT2D eigenvalue weighted by molar-refractivity contribution is 0.155. The molecule has 0 N–H and O–H groups in total. The molecule has 3 heteroatoms. The minimum atomic E-state index is -0.817. The fraction of sp³-hybridized carbons (Fsp3) is 0.760. The van der Waals surface area contributed by atoms with E-state index in [-0.39, 0.29) is 11.7 Å². The summed E-state index contributed by atoms with van der Waals surface area (Å²) in [5.41, 5.74) is 0.555. The molecule has 0 spiro atoms. The highest BCUT2D eigenvalue weighted by atomic mass is 19.2. The lowest BCUT2D eigenvalue weighted by atomic mass is 9.68. The van der Waals surface area contributed by atoms with Gasteiger partial charge in [-0.2, -0.15) is 4.39 Å². The van der Waals surface area contributed by atoms with Crippen molar-refractivity contribution in [2.75, 3.05) is 6.61 Å². The predicted octanol–water partition coefficient (Wildman–Crippen LogP) is 8.02. The average Bonchev–Trinajstić information content (AvgIpc) is 2.73.